The highest BCUT2D eigenvalue weighted by Gasteiger charge is 2.27. The summed E-state index contributed by atoms with van der Waals surface area (Å²) in [5.74, 6) is 1.13. The second-order valence-corrected chi connectivity index (χ2v) is 10.3. The third kappa shape index (κ3) is 5.25. The van der Waals surface area contributed by atoms with Crippen LogP contribution in [-0.4, -0.2) is 5.78 Å². The third-order valence-electron chi connectivity index (χ3n) is 6.81. The summed E-state index contributed by atoms with van der Waals surface area (Å²) in [5.41, 5.74) is 6.73. The minimum absolute atomic E-state index is 0.0835. The van der Waals surface area contributed by atoms with Crippen LogP contribution in [0.4, 0.5) is 0 Å². The van der Waals surface area contributed by atoms with Crippen LogP contribution in [0.2, 0.25) is 0 Å². The molecule has 5 aromatic carbocycles. The van der Waals surface area contributed by atoms with Crippen LogP contribution in [0, 0.1) is 0 Å². The van der Waals surface area contributed by atoms with E-state index in [0.717, 1.165) is 37.9 Å². The molecule has 0 aliphatic heterocycles. The van der Waals surface area contributed by atoms with Crippen molar-refractivity contribution >= 4 is 33.4 Å². The largest absolute Gasteiger partial charge is 0.455 e. The molecule has 0 aliphatic rings. The lowest BCUT2D eigenvalue weighted by molar-refractivity contribution is 0.103. The summed E-state index contributed by atoms with van der Waals surface area (Å²) in [6, 6.07) is 47.7. The number of halogens is 1. The Labute approximate surface area is 242 Å². The normalized spacial score (nSPS) is 11.4. The minimum atomic E-state index is -0.0835. The summed E-state index contributed by atoms with van der Waals surface area (Å²) in [6.07, 6.45) is 2.10. The standard InChI is InChI=1S/C37H25BrO2/c38-31-23-21-27(22-24-31)32(26-13-5-1-6-14-26)25-33-34(35(39)28-15-7-2-8-16-28)37(30-19-11-4-12-20-30)40-36(33)29-17-9-3-10-18-29/h1-25H/b32-25+. The Bertz CT molecular complexity index is 1770. The lowest BCUT2D eigenvalue weighted by Gasteiger charge is -2.11. The molecular formula is C37H25BrO2. The van der Waals surface area contributed by atoms with Crippen molar-refractivity contribution in [2.75, 3.05) is 0 Å². The number of ketones is 1. The van der Waals surface area contributed by atoms with Gasteiger partial charge in [0.15, 0.2) is 5.78 Å². The fourth-order valence-corrected chi connectivity index (χ4v) is 5.13. The van der Waals surface area contributed by atoms with Crippen LogP contribution in [0.3, 0.4) is 0 Å². The van der Waals surface area contributed by atoms with Gasteiger partial charge in [0, 0.05) is 26.7 Å². The highest BCUT2D eigenvalue weighted by molar-refractivity contribution is 9.10. The van der Waals surface area contributed by atoms with Gasteiger partial charge >= 0.3 is 0 Å². The van der Waals surface area contributed by atoms with E-state index in [4.69, 9.17) is 4.42 Å². The number of benzene rings is 5. The van der Waals surface area contributed by atoms with Gasteiger partial charge in [-0.05, 0) is 34.9 Å². The molecule has 192 valence electrons. The van der Waals surface area contributed by atoms with Crippen molar-refractivity contribution in [1.29, 1.82) is 0 Å². The van der Waals surface area contributed by atoms with E-state index in [0.29, 0.717) is 22.6 Å². The molecule has 1 aromatic heterocycles. The number of hydrogen-bond acceptors (Lipinski definition) is 2. The van der Waals surface area contributed by atoms with Crippen molar-refractivity contribution in [3.05, 3.63) is 178 Å². The average molecular weight is 582 g/mol. The summed E-state index contributed by atoms with van der Waals surface area (Å²) in [7, 11) is 0. The second-order valence-electron chi connectivity index (χ2n) is 9.41. The summed E-state index contributed by atoms with van der Waals surface area (Å²) in [4.78, 5) is 14.3. The fraction of sp³-hybridized carbons (Fsp3) is 0. The van der Waals surface area contributed by atoms with E-state index in [2.05, 4.69) is 46.3 Å². The lowest BCUT2D eigenvalue weighted by Crippen LogP contribution is -2.04. The predicted octanol–water partition coefficient (Wildman–Crippen LogP) is 10.2. The molecule has 0 unspecified atom stereocenters. The van der Waals surface area contributed by atoms with Gasteiger partial charge in [0.05, 0.1) is 5.56 Å². The van der Waals surface area contributed by atoms with Crippen LogP contribution in [0.5, 0.6) is 0 Å². The molecular weight excluding hydrogens is 556 g/mol. The molecule has 3 heteroatoms. The SMILES string of the molecule is O=C(c1ccccc1)c1c(-c2ccccc2)oc(-c2ccccc2)c1/C=C(\c1ccccc1)c1ccc(Br)cc1. The quantitative estimate of drug-likeness (QED) is 0.176. The smallest absolute Gasteiger partial charge is 0.197 e. The van der Waals surface area contributed by atoms with E-state index >= 15 is 0 Å². The predicted molar refractivity (Wildman–Crippen MR) is 167 cm³/mol. The van der Waals surface area contributed by atoms with Crippen LogP contribution in [0.25, 0.3) is 34.3 Å². The Morgan fingerprint density at radius 1 is 0.525 bits per heavy atom. The van der Waals surface area contributed by atoms with Gasteiger partial charge in [0.2, 0.25) is 0 Å². The molecule has 0 radical (unpaired) electrons. The molecule has 1 heterocycles. The Balaban J connectivity index is 1.70. The van der Waals surface area contributed by atoms with Gasteiger partial charge in [-0.25, -0.2) is 0 Å². The minimum Gasteiger partial charge on any atom is -0.455 e. The Morgan fingerprint density at radius 2 is 0.975 bits per heavy atom. The highest BCUT2D eigenvalue weighted by atomic mass is 79.9. The zero-order valence-electron chi connectivity index (χ0n) is 21.6. The molecule has 0 amide bonds. The molecule has 6 aromatic rings. The summed E-state index contributed by atoms with van der Waals surface area (Å²) in [5, 5.41) is 0. The van der Waals surface area contributed by atoms with E-state index in [-0.39, 0.29) is 5.78 Å². The topological polar surface area (TPSA) is 30.2 Å². The number of hydrogen-bond donors (Lipinski definition) is 0. The molecule has 0 fully saturated rings. The van der Waals surface area contributed by atoms with Crippen molar-refractivity contribution in [2.24, 2.45) is 0 Å². The van der Waals surface area contributed by atoms with Crippen molar-refractivity contribution in [3.63, 3.8) is 0 Å². The van der Waals surface area contributed by atoms with E-state index < -0.39 is 0 Å². The van der Waals surface area contributed by atoms with E-state index in [1.807, 2.05) is 121 Å². The first kappa shape index (κ1) is 25.5. The summed E-state index contributed by atoms with van der Waals surface area (Å²) >= 11 is 3.57. The number of carbonyl (C=O) groups is 1. The van der Waals surface area contributed by atoms with Crippen LogP contribution < -0.4 is 0 Å². The maximum atomic E-state index is 14.3. The molecule has 0 bridgehead atoms. The summed E-state index contributed by atoms with van der Waals surface area (Å²) in [6.45, 7) is 0. The monoisotopic (exact) mass is 580 g/mol. The maximum absolute atomic E-state index is 14.3. The first-order chi connectivity index (χ1) is 19.7. The first-order valence-corrected chi connectivity index (χ1v) is 13.9. The van der Waals surface area contributed by atoms with Gasteiger partial charge in [0.25, 0.3) is 0 Å². The van der Waals surface area contributed by atoms with Gasteiger partial charge in [0.1, 0.15) is 11.5 Å². The first-order valence-electron chi connectivity index (χ1n) is 13.1. The van der Waals surface area contributed by atoms with Crippen LogP contribution >= 0.6 is 15.9 Å². The molecule has 0 atom stereocenters. The molecule has 0 N–H and O–H groups in total. The number of carbonyl (C=O) groups excluding carboxylic acids is 1. The van der Waals surface area contributed by atoms with Crippen LogP contribution in [0.15, 0.2) is 154 Å². The Hall–Kier alpha value is -4.73. The molecule has 0 aliphatic carbocycles. The van der Waals surface area contributed by atoms with E-state index in [1.54, 1.807) is 0 Å². The fourth-order valence-electron chi connectivity index (χ4n) is 4.86. The van der Waals surface area contributed by atoms with Gasteiger partial charge in [-0.1, -0.05) is 149 Å². The van der Waals surface area contributed by atoms with Gasteiger partial charge in [-0.15, -0.1) is 0 Å². The molecule has 0 saturated heterocycles. The zero-order chi connectivity index (χ0) is 27.3. The van der Waals surface area contributed by atoms with Gasteiger partial charge in [-0.3, -0.25) is 4.79 Å². The van der Waals surface area contributed by atoms with Crippen molar-refractivity contribution in [2.45, 2.75) is 0 Å². The van der Waals surface area contributed by atoms with Gasteiger partial charge in [-0.2, -0.15) is 0 Å². The van der Waals surface area contributed by atoms with Gasteiger partial charge < -0.3 is 4.42 Å². The van der Waals surface area contributed by atoms with Crippen molar-refractivity contribution < 1.29 is 9.21 Å². The molecule has 0 spiro atoms. The zero-order valence-corrected chi connectivity index (χ0v) is 23.2. The number of furan rings is 1. The third-order valence-corrected chi connectivity index (χ3v) is 7.34. The summed E-state index contributed by atoms with van der Waals surface area (Å²) < 4.78 is 7.68. The molecule has 2 nitrogen and oxygen atoms in total. The van der Waals surface area contributed by atoms with E-state index in [9.17, 15) is 4.79 Å². The van der Waals surface area contributed by atoms with Crippen molar-refractivity contribution in [1.82, 2.24) is 0 Å². The van der Waals surface area contributed by atoms with Crippen molar-refractivity contribution in [3.8, 4) is 22.6 Å². The average Bonchev–Trinajstić information content (AvgIpc) is 3.41. The van der Waals surface area contributed by atoms with Crippen LogP contribution in [0.1, 0.15) is 32.6 Å². The highest BCUT2D eigenvalue weighted by Crippen LogP contribution is 2.41. The molecule has 6 rings (SSSR count). The second kappa shape index (κ2) is 11.6. The number of rotatable bonds is 7. The Morgan fingerprint density at radius 3 is 1.52 bits per heavy atom. The lowest BCUT2D eigenvalue weighted by atomic mass is 9.90. The molecule has 0 saturated carbocycles. The van der Waals surface area contributed by atoms with E-state index in [1.165, 1.54) is 0 Å². The maximum Gasteiger partial charge on any atom is 0.197 e. The Kier molecular flexibility index (Phi) is 7.39. The van der Waals surface area contributed by atoms with Crippen LogP contribution in [-0.2, 0) is 0 Å². The molecule has 40 heavy (non-hydrogen) atoms.